The van der Waals surface area contributed by atoms with Crippen LogP contribution in [-0.4, -0.2) is 41.5 Å². The van der Waals surface area contributed by atoms with Crippen LogP contribution in [0.1, 0.15) is 24.8 Å². The van der Waals surface area contributed by atoms with Crippen molar-refractivity contribution < 1.29 is 9.90 Å². The van der Waals surface area contributed by atoms with Gasteiger partial charge in [-0.3, -0.25) is 4.90 Å². The van der Waals surface area contributed by atoms with E-state index in [2.05, 4.69) is 4.90 Å². The number of aldehydes is 1. The van der Waals surface area contributed by atoms with Gasteiger partial charge in [0.1, 0.15) is 6.29 Å². The van der Waals surface area contributed by atoms with Crippen LogP contribution < -0.4 is 0 Å². The molecular weight excluding hydrogens is 214 g/mol. The van der Waals surface area contributed by atoms with Gasteiger partial charge < -0.3 is 9.90 Å². The van der Waals surface area contributed by atoms with Crippen molar-refractivity contribution in [3.63, 3.8) is 0 Å². The summed E-state index contributed by atoms with van der Waals surface area (Å²) in [7, 11) is 0. The normalized spacial score (nSPS) is 27.6. The summed E-state index contributed by atoms with van der Waals surface area (Å²) in [4.78, 5) is 13.0. The summed E-state index contributed by atoms with van der Waals surface area (Å²) in [6, 6.07) is 9.99. The van der Waals surface area contributed by atoms with Gasteiger partial charge in [-0.25, -0.2) is 0 Å². The van der Waals surface area contributed by atoms with Crippen molar-refractivity contribution in [1.29, 1.82) is 0 Å². The van der Waals surface area contributed by atoms with Gasteiger partial charge in [-0.1, -0.05) is 30.3 Å². The van der Waals surface area contributed by atoms with Crippen molar-refractivity contribution in [2.45, 2.75) is 31.4 Å². The van der Waals surface area contributed by atoms with Crippen molar-refractivity contribution in [1.82, 2.24) is 4.90 Å². The predicted molar refractivity (Wildman–Crippen MR) is 66.9 cm³/mol. The third-order valence-electron chi connectivity index (χ3n) is 3.61. The first-order valence-corrected chi connectivity index (χ1v) is 6.14. The van der Waals surface area contributed by atoms with Crippen LogP contribution in [0.4, 0.5) is 0 Å². The van der Waals surface area contributed by atoms with Crippen molar-refractivity contribution in [3.8, 4) is 0 Å². The molecule has 0 aromatic heterocycles. The fourth-order valence-corrected chi connectivity index (χ4v) is 2.45. The molecule has 1 aromatic rings. The van der Waals surface area contributed by atoms with Gasteiger partial charge in [0, 0.05) is 19.0 Å². The van der Waals surface area contributed by atoms with E-state index < -0.39 is 0 Å². The van der Waals surface area contributed by atoms with E-state index in [-0.39, 0.29) is 18.1 Å². The Morgan fingerprint density at radius 2 is 2.12 bits per heavy atom. The molecular formula is C14H19NO2. The maximum atomic E-state index is 10.8. The largest absolute Gasteiger partial charge is 0.392 e. The number of likely N-dealkylation sites (tertiary alicyclic amines) is 1. The lowest BCUT2D eigenvalue weighted by Crippen LogP contribution is -2.46. The number of hydrogen-bond donors (Lipinski definition) is 1. The molecule has 3 unspecified atom stereocenters. The molecule has 1 N–H and O–H groups in total. The number of hydrogen-bond acceptors (Lipinski definition) is 3. The van der Waals surface area contributed by atoms with Crippen LogP contribution in [-0.2, 0) is 4.79 Å². The second-order valence-corrected chi connectivity index (χ2v) is 4.74. The van der Waals surface area contributed by atoms with Gasteiger partial charge in [0.05, 0.1) is 12.1 Å². The lowest BCUT2D eigenvalue weighted by Gasteiger charge is -2.38. The Balaban J connectivity index is 2.13. The Morgan fingerprint density at radius 3 is 2.76 bits per heavy atom. The molecule has 17 heavy (non-hydrogen) atoms. The summed E-state index contributed by atoms with van der Waals surface area (Å²) in [6.45, 7) is 3.46. The Bertz CT molecular complexity index is 366. The van der Waals surface area contributed by atoms with Gasteiger partial charge in [0.2, 0.25) is 0 Å². The van der Waals surface area contributed by atoms with Gasteiger partial charge in [-0.05, 0) is 18.9 Å². The first-order valence-electron chi connectivity index (χ1n) is 6.14. The zero-order valence-electron chi connectivity index (χ0n) is 10.1. The van der Waals surface area contributed by atoms with Gasteiger partial charge in [0.15, 0.2) is 0 Å². The molecule has 0 spiro atoms. The fraction of sp³-hybridized carbons (Fsp3) is 0.500. The van der Waals surface area contributed by atoms with E-state index in [4.69, 9.17) is 0 Å². The summed E-state index contributed by atoms with van der Waals surface area (Å²) in [5.74, 6) is 0.118. The monoisotopic (exact) mass is 233 g/mol. The zero-order chi connectivity index (χ0) is 12.3. The van der Waals surface area contributed by atoms with Crippen LogP contribution in [0.3, 0.4) is 0 Å². The highest BCUT2D eigenvalue weighted by atomic mass is 16.3. The van der Waals surface area contributed by atoms with Gasteiger partial charge in [0.25, 0.3) is 0 Å². The number of piperidine rings is 1. The lowest BCUT2D eigenvalue weighted by molar-refractivity contribution is -0.113. The number of carbonyl (C=O) groups excluding carboxylic acids is 1. The van der Waals surface area contributed by atoms with Crippen LogP contribution in [0.2, 0.25) is 0 Å². The van der Waals surface area contributed by atoms with Crippen molar-refractivity contribution >= 4 is 6.29 Å². The Morgan fingerprint density at radius 1 is 1.41 bits per heavy atom. The molecule has 0 radical (unpaired) electrons. The van der Waals surface area contributed by atoms with Crippen LogP contribution in [0, 0.1) is 0 Å². The SMILES string of the molecule is CC(C=O)N1CCC(O)C(c2ccccc2)C1. The molecule has 2 rings (SSSR count). The summed E-state index contributed by atoms with van der Waals surface area (Å²) < 4.78 is 0. The third-order valence-corrected chi connectivity index (χ3v) is 3.61. The summed E-state index contributed by atoms with van der Waals surface area (Å²) >= 11 is 0. The molecule has 3 heteroatoms. The first-order chi connectivity index (χ1) is 8.22. The molecule has 1 fully saturated rings. The average molecular weight is 233 g/mol. The molecule has 3 atom stereocenters. The molecule has 1 aromatic carbocycles. The fourth-order valence-electron chi connectivity index (χ4n) is 2.45. The number of rotatable bonds is 3. The summed E-state index contributed by atoms with van der Waals surface area (Å²) in [5, 5.41) is 10.1. The number of aliphatic hydroxyl groups is 1. The van der Waals surface area contributed by atoms with E-state index in [9.17, 15) is 9.90 Å². The van der Waals surface area contributed by atoms with Gasteiger partial charge in [-0.2, -0.15) is 0 Å². The second kappa shape index (κ2) is 5.43. The van der Waals surface area contributed by atoms with E-state index in [0.29, 0.717) is 0 Å². The van der Waals surface area contributed by atoms with Crippen LogP contribution in [0.5, 0.6) is 0 Å². The zero-order valence-corrected chi connectivity index (χ0v) is 10.1. The van der Waals surface area contributed by atoms with Crippen LogP contribution >= 0.6 is 0 Å². The van der Waals surface area contributed by atoms with Crippen LogP contribution in [0.25, 0.3) is 0 Å². The second-order valence-electron chi connectivity index (χ2n) is 4.74. The van der Waals surface area contributed by atoms with Crippen molar-refractivity contribution in [2.24, 2.45) is 0 Å². The average Bonchev–Trinajstić information content (AvgIpc) is 2.39. The highest BCUT2D eigenvalue weighted by molar-refractivity contribution is 5.56. The number of carbonyl (C=O) groups is 1. The molecule has 1 heterocycles. The molecule has 92 valence electrons. The quantitative estimate of drug-likeness (QED) is 0.803. The maximum absolute atomic E-state index is 10.8. The number of benzene rings is 1. The molecule has 0 saturated carbocycles. The van der Waals surface area contributed by atoms with E-state index in [1.807, 2.05) is 37.3 Å². The topological polar surface area (TPSA) is 40.5 Å². The maximum Gasteiger partial charge on any atom is 0.136 e. The Kier molecular flexibility index (Phi) is 3.92. The van der Waals surface area contributed by atoms with E-state index in [0.717, 1.165) is 31.4 Å². The summed E-state index contributed by atoms with van der Waals surface area (Å²) in [6.07, 6.45) is 1.41. The molecule has 1 aliphatic rings. The Labute approximate surface area is 102 Å². The minimum Gasteiger partial charge on any atom is -0.392 e. The standard InChI is InChI=1S/C14H19NO2/c1-11(10-16)15-8-7-14(17)13(9-15)12-5-3-2-4-6-12/h2-6,10-11,13-14,17H,7-9H2,1H3. The molecule has 1 aliphatic heterocycles. The number of aliphatic hydroxyl groups excluding tert-OH is 1. The lowest BCUT2D eigenvalue weighted by atomic mass is 9.87. The molecule has 3 nitrogen and oxygen atoms in total. The minimum absolute atomic E-state index is 0.0614. The third kappa shape index (κ3) is 2.73. The van der Waals surface area contributed by atoms with Gasteiger partial charge >= 0.3 is 0 Å². The van der Waals surface area contributed by atoms with E-state index in [1.54, 1.807) is 0 Å². The highest BCUT2D eigenvalue weighted by Crippen LogP contribution is 2.27. The highest BCUT2D eigenvalue weighted by Gasteiger charge is 2.30. The number of nitrogens with zero attached hydrogens (tertiary/aromatic N) is 1. The van der Waals surface area contributed by atoms with Crippen molar-refractivity contribution in [3.05, 3.63) is 35.9 Å². The van der Waals surface area contributed by atoms with E-state index >= 15 is 0 Å². The summed E-state index contributed by atoms with van der Waals surface area (Å²) in [5.41, 5.74) is 1.16. The molecule has 0 amide bonds. The minimum atomic E-state index is -0.299. The molecule has 0 aliphatic carbocycles. The molecule has 1 saturated heterocycles. The van der Waals surface area contributed by atoms with E-state index in [1.165, 1.54) is 0 Å². The van der Waals surface area contributed by atoms with Crippen molar-refractivity contribution in [2.75, 3.05) is 13.1 Å². The molecule has 0 bridgehead atoms. The smallest absolute Gasteiger partial charge is 0.136 e. The van der Waals surface area contributed by atoms with Gasteiger partial charge in [-0.15, -0.1) is 0 Å². The Hall–Kier alpha value is -1.19. The first kappa shape index (κ1) is 12.3. The predicted octanol–water partition coefficient (Wildman–Crippen LogP) is 1.42. The van der Waals surface area contributed by atoms with Crippen LogP contribution in [0.15, 0.2) is 30.3 Å².